The fraction of sp³-hybridized carbons (Fsp3) is 0.386. The second-order valence-corrected chi connectivity index (χ2v) is 17.7. The number of benzene rings is 2. The number of carbonyl (C=O) groups is 3. The van der Waals surface area contributed by atoms with Gasteiger partial charge in [0, 0.05) is 106 Å². The Morgan fingerprint density at radius 3 is 2.29 bits per heavy atom. The van der Waals surface area contributed by atoms with Gasteiger partial charge >= 0.3 is 10.2 Å². The third kappa shape index (κ3) is 9.33. The zero-order chi connectivity index (χ0) is 43.5. The first-order valence-corrected chi connectivity index (χ1v) is 22.3. The van der Waals surface area contributed by atoms with Crippen molar-refractivity contribution < 1.29 is 36.3 Å². The summed E-state index contributed by atoms with van der Waals surface area (Å²) in [5.74, 6) is -2.08. The number of likely N-dealkylation sites (tertiary alicyclic amines) is 1. The molecule has 0 bridgehead atoms. The van der Waals surface area contributed by atoms with Crippen LogP contribution in [0.25, 0.3) is 22.2 Å². The summed E-state index contributed by atoms with van der Waals surface area (Å²) in [6, 6.07) is 15.4. The second kappa shape index (κ2) is 18.3. The lowest BCUT2D eigenvalue weighted by molar-refractivity contribution is -0.138. The normalized spacial score (nSPS) is 18.3. The Kier molecular flexibility index (Phi) is 12.6. The molecule has 6 heterocycles. The number of anilines is 2. The van der Waals surface area contributed by atoms with Gasteiger partial charge in [0.15, 0.2) is 11.9 Å². The van der Waals surface area contributed by atoms with E-state index < -0.39 is 45.0 Å². The van der Waals surface area contributed by atoms with Gasteiger partial charge in [0.25, 0.3) is 5.91 Å². The molecule has 0 saturated carbocycles. The number of pyridine rings is 2. The topological polar surface area (TPSA) is 173 Å². The molecule has 3 aliphatic rings. The molecule has 3 fully saturated rings. The number of aromatic nitrogens is 3. The first kappa shape index (κ1) is 42.9. The van der Waals surface area contributed by atoms with Crippen molar-refractivity contribution in [1.82, 2.24) is 34.4 Å². The van der Waals surface area contributed by atoms with Crippen LogP contribution in [0.2, 0.25) is 0 Å². The SMILES string of the molecule is CCN(C)S(=O)(=O)Nc1ccc(F)c(C(=O)c2c[nH]c3ncc(-c4ccc(N5CCN(CCN6CCC(c7ccc(OC8CCC(=O)NC8=O)cc7)CC6)CC5)nc4)cc23)c1F. The highest BCUT2D eigenvalue weighted by atomic mass is 32.2. The van der Waals surface area contributed by atoms with E-state index in [2.05, 4.69) is 46.8 Å². The molecule has 1 unspecified atom stereocenters. The number of piperazine rings is 1. The minimum Gasteiger partial charge on any atom is -0.481 e. The van der Waals surface area contributed by atoms with E-state index >= 15 is 8.78 Å². The van der Waals surface area contributed by atoms with E-state index in [0.29, 0.717) is 34.7 Å². The summed E-state index contributed by atoms with van der Waals surface area (Å²) in [6.07, 6.45) is 6.91. The quantitative estimate of drug-likeness (QED) is 0.102. The monoisotopic (exact) mass is 869 g/mol. The lowest BCUT2D eigenvalue weighted by Crippen LogP contribution is -2.49. The molecule has 3 aromatic heterocycles. The summed E-state index contributed by atoms with van der Waals surface area (Å²) in [5, 5.41) is 2.68. The fourth-order valence-electron chi connectivity index (χ4n) is 8.20. The number of H-pyrrole nitrogens is 1. The number of ketones is 1. The first-order valence-electron chi connectivity index (χ1n) is 20.9. The van der Waals surface area contributed by atoms with Crippen molar-refractivity contribution in [2.24, 2.45) is 0 Å². The Hall–Kier alpha value is -5.82. The van der Waals surface area contributed by atoms with Crippen LogP contribution in [0.4, 0.5) is 20.3 Å². The summed E-state index contributed by atoms with van der Waals surface area (Å²) in [6.45, 7) is 9.32. The molecule has 3 N–H and O–H groups in total. The van der Waals surface area contributed by atoms with Gasteiger partial charge in [0.2, 0.25) is 11.7 Å². The molecule has 62 heavy (non-hydrogen) atoms. The molecular weight excluding hydrogens is 821 g/mol. The number of nitrogens with zero attached hydrogens (tertiary/aromatic N) is 6. The number of halogens is 2. The van der Waals surface area contributed by atoms with E-state index in [1.165, 1.54) is 18.8 Å². The molecular formula is C44H49F2N9O6S. The molecule has 326 valence electrons. The molecule has 3 aliphatic heterocycles. The van der Waals surface area contributed by atoms with Gasteiger partial charge in [-0.15, -0.1) is 0 Å². The Labute approximate surface area is 358 Å². The average molecular weight is 870 g/mol. The highest BCUT2D eigenvalue weighted by Gasteiger charge is 2.30. The molecule has 15 nitrogen and oxygen atoms in total. The predicted molar refractivity (Wildman–Crippen MR) is 230 cm³/mol. The van der Waals surface area contributed by atoms with Crippen LogP contribution in [0.5, 0.6) is 5.75 Å². The van der Waals surface area contributed by atoms with Crippen LogP contribution in [0.1, 0.15) is 60.0 Å². The molecule has 18 heteroatoms. The average Bonchev–Trinajstić information content (AvgIpc) is 3.71. The van der Waals surface area contributed by atoms with Gasteiger partial charge in [0.1, 0.15) is 23.0 Å². The van der Waals surface area contributed by atoms with E-state index in [9.17, 15) is 22.8 Å². The molecule has 0 aliphatic carbocycles. The highest BCUT2D eigenvalue weighted by molar-refractivity contribution is 7.90. The first-order chi connectivity index (χ1) is 29.9. The zero-order valence-corrected chi connectivity index (χ0v) is 35.4. The number of nitrogens with one attached hydrogen (secondary N) is 3. The summed E-state index contributed by atoms with van der Waals surface area (Å²) in [5.41, 5.74) is 1.56. The molecule has 5 aromatic rings. The Morgan fingerprint density at radius 1 is 0.903 bits per heavy atom. The summed E-state index contributed by atoms with van der Waals surface area (Å²) in [7, 11) is -2.83. The summed E-state index contributed by atoms with van der Waals surface area (Å²) < 4.78 is 64.6. The number of rotatable bonds is 14. The van der Waals surface area contributed by atoms with Crippen LogP contribution in [0.15, 0.2) is 73.2 Å². The molecule has 0 spiro atoms. The third-order valence-electron chi connectivity index (χ3n) is 12.1. The van der Waals surface area contributed by atoms with E-state index in [1.54, 1.807) is 25.4 Å². The van der Waals surface area contributed by atoms with Gasteiger partial charge in [-0.3, -0.25) is 29.3 Å². The molecule has 1 atom stereocenters. The second-order valence-electron chi connectivity index (χ2n) is 15.9. The largest absolute Gasteiger partial charge is 0.481 e. The predicted octanol–water partition coefficient (Wildman–Crippen LogP) is 4.93. The van der Waals surface area contributed by atoms with Crippen LogP contribution in [-0.4, -0.2) is 127 Å². The number of amides is 2. The number of aromatic amines is 1. The van der Waals surface area contributed by atoms with E-state index in [0.717, 1.165) is 93.0 Å². The Bertz CT molecular complexity index is 2560. The van der Waals surface area contributed by atoms with Gasteiger partial charge in [-0.2, -0.15) is 12.7 Å². The molecule has 8 rings (SSSR count). The summed E-state index contributed by atoms with van der Waals surface area (Å²) in [4.78, 5) is 56.5. The van der Waals surface area contributed by atoms with Gasteiger partial charge in [-0.1, -0.05) is 19.1 Å². The maximum absolute atomic E-state index is 15.6. The number of hydrogen-bond acceptors (Lipinski definition) is 11. The van der Waals surface area contributed by atoms with Crippen LogP contribution in [0.3, 0.4) is 0 Å². The molecule has 2 aromatic carbocycles. The van der Waals surface area contributed by atoms with Crippen molar-refractivity contribution in [3.63, 3.8) is 0 Å². The number of carbonyl (C=O) groups excluding carboxylic acids is 3. The Balaban J connectivity index is 0.820. The number of imide groups is 1. The number of ether oxygens (including phenoxy) is 1. The van der Waals surface area contributed by atoms with Crippen LogP contribution >= 0.6 is 0 Å². The van der Waals surface area contributed by atoms with Crippen LogP contribution < -0.4 is 19.7 Å². The number of hydrogen-bond donors (Lipinski definition) is 3. The third-order valence-corrected chi connectivity index (χ3v) is 13.7. The standard InChI is InChI=1S/C44H49F2N9O6S/c1-3-52(2)62(59,60)51-36-10-9-35(45)40(41(36)46)42(57)34-27-49-43-33(34)24-31(26-48-43)30-6-12-38(47-25-30)55-22-20-54(21-23-55)19-18-53-16-14-29(15-17-53)28-4-7-32(8-5-28)61-37-11-13-39(56)50-44(37)58/h4-10,12,24-27,29,37,51H,3,11,13-23H2,1-2H3,(H,48,49)(H,50,56,58). The highest BCUT2D eigenvalue weighted by Crippen LogP contribution is 2.32. The number of fused-ring (bicyclic) bond motifs is 1. The van der Waals surface area contributed by atoms with Crippen molar-refractivity contribution in [3.8, 4) is 16.9 Å². The Morgan fingerprint density at radius 2 is 1.61 bits per heavy atom. The number of piperidine rings is 2. The summed E-state index contributed by atoms with van der Waals surface area (Å²) >= 11 is 0. The van der Waals surface area contributed by atoms with Gasteiger partial charge in [-0.25, -0.2) is 18.7 Å². The van der Waals surface area contributed by atoms with E-state index in [1.807, 2.05) is 24.3 Å². The molecule has 3 saturated heterocycles. The lowest BCUT2D eigenvalue weighted by atomic mass is 9.89. The minimum atomic E-state index is -4.13. The van der Waals surface area contributed by atoms with Gasteiger partial charge < -0.3 is 19.5 Å². The zero-order valence-electron chi connectivity index (χ0n) is 34.6. The van der Waals surface area contributed by atoms with Crippen molar-refractivity contribution in [2.45, 2.75) is 44.6 Å². The maximum Gasteiger partial charge on any atom is 0.301 e. The van der Waals surface area contributed by atoms with Crippen molar-refractivity contribution in [1.29, 1.82) is 0 Å². The smallest absolute Gasteiger partial charge is 0.301 e. The minimum absolute atomic E-state index is 0.0204. The van der Waals surface area contributed by atoms with Crippen molar-refractivity contribution >= 4 is 50.3 Å². The van der Waals surface area contributed by atoms with Crippen molar-refractivity contribution in [3.05, 3.63) is 102 Å². The maximum atomic E-state index is 15.6. The van der Waals surface area contributed by atoms with Gasteiger partial charge in [-0.05, 0) is 79.9 Å². The van der Waals surface area contributed by atoms with Crippen molar-refractivity contribution in [2.75, 3.05) is 75.6 Å². The fourth-order valence-corrected chi connectivity index (χ4v) is 9.13. The van der Waals surface area contributed by atoms with Crippen LogP contribution in [0, 0.1) is 11.6 Å². The van der Waals surface area contributed by atoms with E-state index in [-0.39, 0.29) is 30.3 Å². The lowest BCUT2D eigenvalue weighted by Gasteiger charge is -2.37. The molecule has 0 radical (unpaired) electrons. The van der Waals surface area contributed by atoms with Gasteiger partial charge in [0.05, 0.1) is 11.3 Å². The van der Waals surface area contributed by atoms with E-state index in [4.69, 9.17) is 9.72 Å². The molecule has 2 amide bonds. The van der Waals surface area contributed by atoms with Crippen LogP contribution in [-0.2, 0) is 19.8 Å².